The van der Waals surface area contributed by atoms with Crippen molar-refractivity contribution < 1.29 is 27.2 Å². The average Bonchev–Trinajstić information content (AvgIpc) is 3.63. The highest BCUT2D eigenvalue weighted by molar-refractivity contribution is 6.31. The fourth-order valence-corrected chi connectivity index (χ4v) is 4.70. The van der Waals surface area contributed by atoms with E-state index in [1.165, 1.54) is 12.3 Å². The summed E-state index contributed by atoms with van der Waals surface area (Å²) >= 11 is 6.39. The summed E-state index contributed by atoms with van der Waals surface area (Å²) in [4.78, 5) is 30.5. The van der Waals surface area contributed by atoms with Crippen LogP contribution >= 0.6 is 11.6 Å². The molecule has 1 fully saturated rings. The van der Waals surface area contributed by atoms with Crippen LogP contribution in [0.25, 0.3) is 0 Å². The fourth-order valence-electron chi connectivity index (χ4n) is 4.44. The zero-order valence-corrected chi connectivity index (χ0v) is 21.2. The number of hydrogen-bond donors (Lipinski definition) is 1. The third kappa shape index (κ3) is 6.24. The first-order valence-corrected chi connectivity index (χ1v) is 12.2. The van der Waals surface area contributed by atoms with Gasteiger partial charge < -0.3 is 10.2 Å². The van der Waals surface area contributed by atoms with Crippen molar-refractivity contribution in [2.45, 2.75) is 57.2 Å². The van der Waals surface area contributed by atoms with Gasteiger partial charge in [0.05, 0.1) is 11.1 Å². The lowest BCUT2D eigenvalue weighted by molar-refractivity contribution is -0.195. The van der Waals surface area contributed by atoms with Crippen LogP contribution in [0.3, 0.4) is 0 Å². The number of aromatic nitrogens is 1. The molecular weight excluding hydrogens is 498 g/mol. The first-order chi connectivity index (χ1) is 16.9. The zero-order valence-electron chi connectivity index (χ0n) is 20.5. The molecule has 1 aromatic carbocycles. The Bertz CT molecular complexity index is 1100. The monoisotopic (exact) mass is 527 g/mol. The number of amides is 1. The number of ketones is 1. The van der Waals surface area contributed by atoms with Crippen molar-refractivity contribution in [2.24, 2.45) is 5.41 Å². The van der Waals surface area contributed by atoms with Gasteiger partial charge in [-0.15, -0.1) is 0 Å². The number of nitrogens with zero attached hydrogens (tertiary/aromatic N) is 2. The minimum Gasteiger partial charge on any atom is -0.355 e. The van der Waals surface area contributed by atoms with Gasteiger partial charge in [0.1, 0.15) is 5.82 Å². The minimum atomic E-state index is -4.57. The number of nitrogens with one attached hydrogen (secondary N) is 1. The molecule has 3 rings (SSSR count). The van der Waals surface area contributed by atoms with Gasteiger partial charge in [0.25, 0.3) is 0 Å². The standard InChI is InChI=1S/C26H30ClF4N3O2/c1-4-22(35)17-8-7-16(20(27)13-17)12-18(34(2)3)15-33-23(36)14-19(24-21(28)6-5-11-32-24)25(9-10-25)26(29,30)31/h5-8,11,13,18-19H,4,9-10,12,14-15H2,1-3H3,(H,33,36)/t18-,19?/m0/s1. The number of rotatable bonds is 11. The first kappa shape index (κ1) is 28.1. The Morgan fingerprint density at radius 3 is 2.44 bits per heavy atom. The van der Waals surface area contributed by atoms with Gasteiger partial charge in [-0.25, -0.2) is 4.39 Å². The van der Waals surface area contributed by atoms with Crippen molar-refractivity contribution in [1.82, 2.24) is 15.2 Å². The van der Waals surface area contributed by atoms with E-state index in [1.807, 2.05) is 19.0 Å². The number of carbonyl (C=O) groups is 2. The topological polar surface area (TPSA) is 62.3 Å². The van der Waals surface area contributed by atoms with Crippen molar-refractivity contribution in [1.29, 1.82) is 0 Å². The molecule has 1 aliphatic carbocycles. The molecule has 1 aromatic heterocycles. The highest BCUT2D eigenvalue weighted by Crippen LogP contribution is 2.66. The van der Waals surface area contributed by atoms with Gasteiger partial charge in [0.2, 0.25) is 5.91 Å². The Balaban J connectivity index is 1.72. The summed E-state index contributed by atoms with van der Waals surface area (Å²) in [7, 11) is 3.63. The number of hydrogen-bond acceptors (Lipinski definition) is 4. The van der Waals surface area contributed by atoms with Crippen molar-refractivity contribution in [3.8, 4) is 0 Å². The summed E-state index contributed by atoms with van der Waals surface area (Å²) in [6.07, 6.45) is -3.39. The molecule has 1 amide bonds. The molecule has 1 heterocycles. The van der Waals surface area contributed by atoms with E-state index in [4.69, 9.17) is 11.6 Å². The van der Waals surface area contributed by atoms with E-state index < -0.39 is 35.7 Å². The number of likely N-dealkylation sites (N-methyl/N-ethyl adjacent to an activating group) is 1. The Kier molecular flexibility index (Phi) is 8.77. The second-order valence-corrected chi connectivity index (χ2v) is 9.90. The van der Waals surface area contributed by atoms with Gasteiger partial charge in [-0.1, -0.05) is 30.7 Å². The number of halogens is 5. The highest BCUT2D eigenvalue weighted by Gasteiger charge is 2.68. The van der Waals surface area contributed by atoms with Crippen LogP contribution in [0, 0.1) is 11.2 Å². The van der Waals surface area contributed by atoms with Gasteiger partial charge in [0, 0.05) is 48.1 Å². The molecule has 0 spiro atoms. The molecule has 2 aromatic rings. The predicted molar refractivity (Wildman–Crippen MR) is 130 cm³/mol. The molecule has 2 atom stereocenters. The van der Waals surface area contributed by atoms with Gasteiger partial charge in [0.15, 0.2) is 5.78 Å². The number of alkyl halides is 3. The fraction of sp³-hybridized carbons (Fsp3) is 0.500. The lowest BCUT2D eigenvalue weighted by Crippen LogP contribution is -2.43. The lowest BCUT2D eigenvalue weighted by atomic mass is 9.82. The number of pyridine rings is 1. The number of Topliss-reactive ketones (excluding diaryl/α,β-unsaturated/α-hetero) is 1. The van der Waals surface area contributed by atoms with E-state index in [-0.39, 0.29) is 36.9 Å². The summed E-state index contributed by atoms with van der Waals surface area (Å²) in [6.45, 7) is 1.91. The van der Waals surface area contributed by atoms with Gasteiger partial charge in [-0.05, 0) is 57.1 Å². The van der Waals surface area contributed by atoms with Crippen LogP contribution < -0.4 is 5.32 Å². The minimum absolute atomic E-state index is 0.0222. The molecule has 1 saturated carbocycles. The van der Waals surface area contributed by atoms with Crippen LogP contribution in [0.5, 0.6) is 0 Å². The molecular formula is C26H30ClF4N3O2. The van der Waals surface area contributed by atoms with Crippen molar-refractivity contribution in [3.63, 3.8) is 0 Å². The molecule has 0 aliphatic heterocycles. The maximum absolute atomic E-state index is 14.4. The van der Waals surface area contributed by atoms with Crippen molar-refractivity contribution in [2.75, 3.05) is 20.6 Å². The quantitative estimate of drug-likeness (QED) is 0.306. The van der Waals surface area contributed by atoms with Gasteiger partial charge in [-0.2, -0.15) is 13.2 Å². The molecule has 196 valence electrons. The number of benzene rings is 1. The van der Waals surface area contributed by atoms with Crippen LogP contribution in [-0.4, -0.2) is 54.4 Å². The number of carbonyl (C=O) groups excluding carboxylic acids is 2. The Hall–Kier alpha value is -2.52. The van der Waals surface area contributed by atoms with Crippen LogP contribution in [0.1, 0.15) is 60.1 Å². The molecule has 0 bridgehead atoms. The molecule has 1 N–H and O–H groups in total. The SMILES string of the molecule is CCC(=O)c1ccc(C[C@@H](CNC(=O)CC(c2ncccc2F)C2(C(F)(F)F)CC2)N(C)C)c(Cl)c1. The smallest absolute Gasteiger partial charge is 0.355 e. The van der Waals surface area contributed by atoms with Crippen LogP contribution in [0.2, 0.25) is 5.02 Å². The Morgan fingerprint density at radius 1 is 1.22 bits per heavy atom. The maximum atomic E-state index is 14.4. The van der Waals surface area contributed by atoms with E-state index in [1.54, 1.807) is 25.1 Å². The molecule has 1 aliphatic rings. The van der Waals surface area contributed by atoms with Crippen LogP contribution in [0.4, 0.5) is 17.6 Å². The molecule has 0 radical (unpaired) electrons. The normalized spacial score (nSPS) is 16.5. The molecule has 1 unspecified atom stereocenters. The van der Waals surface area contributed by atoms with Crippen molar-refractivity contribution >= 4 is 23.3 Å². The molecule has 36 heavy (non-hydrogen) atoms. The second-order valence-electron chi connectivity index (χ2n) is 9.49. The third-order valence-corrected chi connectivity index (χ3v) is 7.30. The van der Waals surface area contributed by atoms with E-state index in [2.05, 4.69) is 10.3 Å². The van der Waals surface area contributed by atoms with E-state index in [0.29, 0.717) is 23.4 Å². The van der Waals surface area contributed by atoms with E-state index in [0.717, 1.165) is 11.6 Å². The largest absolute Gasteiger partial charge is 0.395 e. The van der Waals surface area contributed by atoms with E-state index >= 15 is 0 Å². The van der Waals surface area contributed by atoms with E-state index in [9.17, 15) is 27.2 Å². The zero-order chi connectivity index (χ0) is 26.7. The lowest BCUT2D eigenvalue weighted by Gasteiger charge is -2.29. The van der Waals surface area contributed by atoms with Gasteiger partial charge in [-0.3, -0.25) is 14.6 Å². The van der Waals surface area contributed by atoms with Crippen LogP contribution in [0.15, 0.2) is 36.5 Å². The predicted octanol–water partition coefficient (Wildman–Crippen LogP) is 5.57. The van der Waals surface area contributed by atoms with Gasteiger partial charge >= 0.3 is 6.18 Å². The third-order valence-electron chi connectivity index (χ3n) is 6.94. The summed E-state index contributed by atoms with van der Waals surface area (Å²) < 4.78 is 56.1. The molecule has 10 heteroatoms. The second kappa shape index (κ2) is 11.3. The Labute approximate surface area is 213 Å². The Morgan fingerprint density at radius 2 is 1.92 bits per heavy atom. The summed E-state index contributed by atoms with van der Waals surface area (Å²) in [5, 5.41) is 3.15. The summed E-state index contributed by atoms with van der Waals surface area (Å²) in [6, 6.07) is 7.24. The highest BCUT2D eigenvalue weighted by atomic mass is 35.5. The van der Waals surface area contributed by atoms with Crippen LogP contribution in [-0.2, 0) is 11.2 Å². The summed E-state index contributed by atoms with van der Waals surface area (Å²) in [5.74, 6) is -2.89. The van der Waals surface area contributed by atoms with Crippen molar-refractivity contribution in [3.05, 3.63) is 64.2 Å². The maximum Gasteiger partial charge on any atom is 0.395 e. The molecule has 5 nitrogen and oxygen atoms in total. The first-order valence-electron chi connectivity index (χ1n) is 11.8. The molecule has 0 saturated heterocycles. The average molecular weight is 528 g/mol. The summed E-state index contributed by atoms with van der Waals surface area (Å²) in [5.41, 5.74) is -1.18.